The molecule has 0 aliphatic carbocycles. The van der Waals surface area contributed by atoms with Crippen LogP contribution in [0.5, 0.6) is 0 Å². The standard InChI is InChI=1S/C13H20N6O2/c1-10-12(19(20)21)13(17(4)15-10)16(3)7-5-8-18-9-6-14-11(18)2/h6,9H,5,7-8H2,1-4H3. The molecule has 8 heteroatoms. The number of hydrogen-bond acceptors (Lipinski definition) is 5. The van der Waals surface area contributed by atoms with Crippen molar-refractivity contribution in [2.24, 2.45) is 7.05 Å². The predicted octanol–water partition coefficient (Wildman–Crippen LogP) is 1.67. The van der Waals surface area contributed by atoms with E-state index >= 15 is 0 Å². The molecule has 0 N–H and O–H groups in total. The lowest BCUT2D eigenvalue weighted by atomic mass is 10.3. The third-order valence-corrected chi connectivity index (χ3v) is 3.52. The molecule has 0 aromatic carbocycles. The zero-order valence-corrected chi connectivity index (χ0v) is 12.8. The number of imidazole rings is 1. The van der Waals surface area contributed by atoms with Gasteiger partial charge in [-0.05, 0) is 20.3 Å². The van der Waals surface area contributed by atoms with Crippen LogP contribution in [0.4, 0.5) is 11.5 Å². The molecule has 0 unspecified atom stereocenters. The molecule has 2 heterocycles. The number of aryl methyl sites for hydroxylation is 4. The zero-order chi connectivity index (χ0) is 15.6. The molecular weight excluding hydrogens is 272 g/mol. The fourth-order valence-electron chi connectivity index (χ4n) is 2.50. The molecule has 2 rings (SSSR count). The normalized spacial score (nSPS) is 10.9. The van der Waals surface area contributed by atoms with Gasteiger partial charge >= 0.3 is 5.69 Å². The average Bonchev–Trinajstić information content (AvgIpc) is 2.93. The second-order valence-electron chi connectivity index (χ2n) is 5.08. The summed E-state index contributed by atoms with van der Waals surface area (Å²) in [5.41, 5.74) is 0.522. The minimum Gasteiger partial charge on any atom is -0.354 e. The third kappa shape index (κ3) is 3.04. The van der Waals surface area contributed by atoms with E-state index in [4.69, 9.17) is 0 Å². The average molecular weight is 292 g/mol. The first-order valence-electron chi connectivity index (χ1n) is 6.78. The Hall–Kier alpha value is -2.38. The van der Waals surface area contributed by atoms with Gasteiger partial charge in [-0.25, -0.2) is 9.67 Å². The van der Waals surface area contributed by atoms with Gasteiger partial charge in [0.1, 0.15) is 11.5 Å². The number of aromatic nitrogens is 4. The van der Waals surface area contributed by atoms with Crippen molar-refractivity contribution in [1.82, 2.24) is 19.3 Å². The van der Waals surface area contributed by atoms with Gasteiger partial charge in [-0.15, -0.1) is 0 Å². The molecule has 2 aromatic heterocycles. The SMILES string of the molecule is Cc1nn(C)c(N(C)CCCn2ccnc2C)c1[N+](=O)[O-]. The fourth-order valence-corrected chi connectivity index (χ4v) is 2.50. The Bertz CT molecular complexity index is 645. The molecule has 2 aromatic rings. The number of nitro groups is 1. The first kappa shape index (κ1) is 15.0. The van der Waals surface area contributed by atoms with Gasteiger partial charge in [0, 0.05) is 39.6 Å². The van der Waals surface area contributed by atoms with E-state index in [1.54, 1.807) is 24.9 Å². The predicted molar refractivity (Wildman–Crippen MR) is 79.5 cm³/mol. The van der Waals surface area contributed by atoms with Crippen molar-refractivity contribution >= 4 is 11.5 Å². The van der Waals surface area contributed by atoms with Crippen molar-refractivity contribution in [2.75, 3.05) is 18.5 Å². The number of rotatable bonds is 6. The summed E-state index contributed by atoms with van der Waals surface area (Å²) in [6.07, 6.45) is 4.58. The smallest absolute Gasteiger partial charge is 0.333 e. The second kappa shape index (κ2) is 5.94. The number of hydrogen-bond donors (Lipinski definition) is 0. The lowest BCUT2D eigenvalue weighted by Gasteiger charge is -2.18. The minimum atomic E-state index is -0.367. The van der Waals surface area contributed by atoms with E-state index in [-0.39, 0.29) is 10.6 Å². The monoisotopic (exact) mass is 292 g/mol. The molecule has 114 valence electrons. The summed E-state index contributed by atoms with van der Waals surface area (Å²) in [4.78, 5) is 16.9. The topological polar surface area (TPSA) is 82.0 Å². The molecule has 0 spiro atoms. The van der Waals surface area contributed by atoms with Gasteiger partial charge in [0.15, 0.2) is 0 Å². The number of nitrogens with zero attached hydrogens (tertiary/aromatic N) is 6. The van der Waals surface area contributed by atoms with Gasteiger partial charge in [0.05, 0.1) is 4.92 Å². The van der Waals surface area contributed by atoms with Crippen molar-refractivity contribution in [3.8, 4) is 0 Å². The molecule has 8 nitrogen and oxygen atoms in total. The molecular formula is C13H20N6O2. The first-order chi connectivity index (χ1) is 9.91. The maximum atomic E-state index is 11.2. The molecule has 0 aliphatic heterocycles. The lowest BCUT2D eigenvalue weighted by molar-refractivity contribution is -0.384. The highest BCUT2D eigenvalue weighted by Crippen LogP contribution is 2.30. The summed E-state index contributed by atoms with van der Waals surface area (Å²) in [5, 5.41) is 15.3. The van der Waals surface area contributed by atoms with E-state index in [0.717, 1.165) is 18.8 Å². The van der Waals surface area contributed by atoms with Crippen molar-refractivity contribution in [3.63, 3.8) is 0 Å². The highest BCUT2D eigenvalue weighted by atomic mass is 16.6. The Morgan fingerprint density at radius 3 is 2.71 bits per heavy atom. The molecule has 21 heavy (non-hydrogen) atoms. The summed E-state index contributed by atoms with van der Waals surface area (Å²) in [6.45, 7) is 5.15. The van der Waals surface area contributed by atoms with Gasteiger partial charge < -0.3 is 9.47 Å². The molecule has 0 aliphatic rings. The van der Waals surface area contributed by atoms with Gasteiger partial charge in [-0.3, -0.25) is 10.1 Å². The maximum Gasteiger partial charge on any atom is 0.333 e. The van der Waals surface area contributed by atoms with Crippen LogP contribution in [0.25, 0.3) is 0 Å². The lowest BCUT2D eigenvalue weighted by Crippen LogP contribution is -2.23. The highest BCUT2D eigenvalue weighted by molar-refractivity contribution is 5.60. The van der Waals surface area contributed by atoms with E-state index in [1.807, 2.05) is 25.1 Å². The van der Waals surface area contributed by atoms with Gasteiger partial charge in [0.25, 0.3) is 0 Å². The Kier molecular flexibility index (Phi) is 4.25. The summed E-state index contributed by atoms with van der Waals surface area (Å²) < 4.78 is 3.63. The molecule has 0 bridgehead atoms. The van der Waals surface area contributed by atoms with E-state index < -0.39 is 0 Å². The molecule has 0 radical (unpaired) electrons. The van der Waals surface area contributed by atoms with Crippen molar-refractivity contribution in [3.05, 3.63) is 34.0 Å². The molecule has 0 fully saturated rings. The van der Waals surface area contributed by atoms with Crippen LogP contribution < -0.4 is 4.90 Å². The largest absolute Gasteiger partial charge is 0.354 e. The first-order valence-corrected chi connectivity index (χ1v) is 6.78. The van der Waals surface area contributed by atoms with Crippen molar-refractivity contribution < 1.29 is 4.92 Å². The van der Waals surface area contributed by atoms with E-state index in [2.05, 4.69) is 14.6 Å². The molecule has 0 saturated heterocycles. The van der Waals surface area contributed by atoms with Crippen LogP contribution in [0.3, 0.4) is 0 Å². The Labute approximate surface area is 123 Å². The van der Waals surface area contributed by atoms with Crippen LogP contribution >= 0.6 is 0 Å². The summed E-state index contributed by atoms with van der Waals surface area (Å²) in [7, 11) is 3.58. The van der Waals surface area contributed by atoms with Crippen LogP contribution in [0.2, 0.25) is 0 Å². The van der Waals surface area contributed by atoms with Crippen LogP contribution in [-0.2, 0) is 13.6 Å². The Morgan fingerprint density at radius 1 is 1.43 bits per heavy atom. The third-order valence-electron chi connectivity index (χ3n) is 3.52. The van der Waals surface area contributed by atoms with Crippen molar-refractivity contribution in [2.45, 2.75) is 26.8 Å². The molecule has 0 atom stereocenters. The molecule has 0 amide bonds. The van der Waals surface area contributed by atoms with E-state index in [0.29, 0.717) is 18.1 Å². The maximum absolute atomic E-state index is 11.2. The van der Waals surface area contributed by atoms with Crippen molar-refractivity contribution in [1.29, 1.82) is 0 Å². The fraction of sp³-hybridized carbons (Fsp3) is 0.538. The summed E-state index contributed by atoms with van der Waals surface area (Å²) in [6, 6.07) is 0. The van der Waals surface area contributed by atoms with Crippen LogP contribution in [0.1, 0.15) is 17.9 Å². The second-order valence-corrected chi connectivity index (χ2v) is 5.08. The molecule has 0 saturated carbocycles. The quantitative estimate of drug-likeness (QED) is 0.597. The van der Waals surface area contributed by atoms with Crippen LogP contribution in [-0.4, -0.2) is 37.8 Å². The Balaban J connectivity index is 2.05. The highest BCUT2D eigenvalue weighted by Gasteiger charge is 2.26. The zero-order valence-electron chi connectivity index (χ0n) is 12.8. The summed E-state index contributed by atoms with van der Waals surface area (Å²) >= 11 is 0. The van der Waals surface area contributed by atoms with E-state index in [1.165, 1.54) is 0 Å². The van der Waals surface area contributed by atoms with Gasteiger partial charge in [-0.2, -0.15) is 5.10 Å². The van der Waals surface area contributed by atoms with Crippen LogP contribution in [0, 0.1) is 24.0 Å². The van der Waals surface area contributed by atoms with Crippen LogP contribution in [0.15, 0.2) is 12.4 Å². The number of anilines is 1. The minimum absolute atomic E-state index is 0.0822. The summed E-state index contributed by atoms with van der Waals surface area (Å²) in [5.74, 6) is 1.51. The van der Waals surface area contributed by atoms with Gasteiger partial charge in [-0.1, -0.05) is 0 Å². The van der Waals surface area contributed by atoms with E-state index in [9.17, 15) is 10.1 Å². The van der Waals surface area contributed by atoms with Gasteiger partial charge in [0.2, 0.25) is 5.82 Å². The Morgan fingerprint density at radius 2 is 2.14 bits per heavy atom.